The molecule has 4 heteroatoms. The monoisotopic (exact) mass is 262 g/mol. The lowest BCUT2D eigenvalue weighted by Gasteiger charge is -2.28. The molecule has 4 nitrogen and oxygen atoms in total. The minimum atomic E-state index is -0.589. The van der Waals surface area contributed by atoms with Crippen molar-refractivity contribution < 1.29 is 9.53 Å². The zero-order valence-electron chi connectivity index (χ0n) is 11.9. The minimum absolute atomic E-state index is 0.164. The normalized spacial score (nSPS) is 16.4. The Morgan fingerprint density at radius 2 is 1.89 bits per heavy atom. The highest BCUT2D eigenvalue weighted by molar-refractivity contribution is 5.83. The van der Waals surface area contributed by atoms with Gasteiger partial charge in [-0.2, -0.15) is 0 Å². The number of nitrogens with zero attached hydrogens (tertiary/aromatic N) is 1. The molecule has 0 spiro atoms. The molecule has 0 saturated carbocycles. The Hall–Kier alpha value is -1.39. The third-order valence-corrected chi connectivity index (χ3v) is 3.70. The molecular formula is C15H22N2O2. The molecule has 1 aromatic carbocycles. The summed E-state index contributed by atoms with van der Waals surface area (Å²) in [7, 11) is 5.51. The second-order valence-corrected chi connectivity index (χ2v) is 5.43. The second kappa shape index (κ2) is 5.72. The van der Waals surface area contributed by atoms with Crippen molar-refractivity contribution in [1.29, 1.82) is 0 Å². The maximum absolute atomic E-state index is 12.2. The number of ether oxygens (including phenoxy) is 1. The van der Waals surface area contributed by atoms with Gasteiger partial charge in [0.25, 0.3) is 0 Å². The summed E-state index contributed by atoms with van der Waals surface area (Å²) < 4.78 is 5.01. The van der Waals surface area contributed by atoms with Crippen LogP contribution in [0.1, 0.15) is 11.1 Å². The summed E-state index contributed by atoms with van der Waals surface area (Å²) >= 11 is 0. The third kappa shape index (κ3) is 2.96. The zero-order valence-corrected chi connectivity index (χ0v) is 11.9. The number of carbonyl (C=O) groups is 1. The average molecular weight is 262 g/mol. The van der Waals surface area contributed by atoms with Crippen molar-refractivity contribution in [3.8, 4) is 0 Å². The Bertz CT molecular complexity index is 432. The number of methoxy groups -OCH3 is 1. The molecule has 0 heterocycles. The smallest absolute Gasteiger partial charge is 0.326 e. The fourth-order valence-electron chi connectivity index (χ4n) is 2.67. The first-order chi connectivity index (χ1) is 9.07. The number of nitrogens with one attached hydrogen (secondary N) is 1. The van der Waals surface area contributed by atoms with E-state index in [2.05, 4.69) is 22.3 Å². The van der Waals surface area contributed by atoms with E-state index in [1.807, 2.05) is 26.2 Å². The van der Waals surface area contributed by atoms with Gasteiger partial charge in [0.2, 0.25) is 0 Å². The molecule has 104 valence electrons. The van der Waals surface area contributed by atoms with Gasteiger partial charge in [-0.1, -0.05) is 24.3 Å². The molecule has 0 saturated heterocycles. The molecule has 1 aliphatic rings. The topological polar surface area (TPSA) is 41.6 Å². The van der Waals surface area contributed by atoms with Crippen molar-refractivity contribution in [2.75, 3.05) is 34.3 Å². The average Bonchev–Trinajstić information content (AvgIpc) is 2.76. The lowest BCUT2D eigenvalue weighted by molar-refractivity contribution is -0.148. The number of carbonyl (C=O) groups excluding carboxylic acids is 1. The Labute approximate surface area is 114 Å². The summed E-state index contributed by atoms with van der Waals surface area (Å²) in [6.07, 6.45) is 1.42. The standard InChI is InChI=1S/C15H22N2O2/c1-17(2)9-8-16-15(14(18)19-3)10-12-6-4-5-7-13(12)11-15/h4-7,16H,8-11H2,1-3H3. The van der Waals surface area contributed by atoms with Crippen molar-refractivity contribution in [2.24, 2.45) is 0 Å². The number of benzene rings is 1. The number of rotatable bonds is 5. The number of hydrogen-bond donors (Lipinski definition) is 1. The molecular weight excluding hydrogens is 240 g/mol. The van der Waals surface area contributed by atoms with Crippen molar-refractivity contribution in [3.05, 3.63) is 35.4 Å². The van der Waals surface area contributed by atoms with E-state index in [0.29, 0.717) is 12.8 Å². The lowest BCUT2D eigenvalue weighted by atomic mass is 9.95. The number of likely N-dealkylation sites (N-methyl/N-ethyl adjacent to an activating group) is 1. The van der Waals surface area contributed by atoms with Crippen LogP contribution in [0.25, 0.3) is 0 Å². The fourth-order valence-corrected chi connectivity index (χ4v) is 2.67. The van der Waals surface area contributed by atoms with Crippen LogP contribution < -0.4 is 5.32 Å². The largest absolute Gasteiger partial charge is 0.468 e. The summed E-state index contributed by atoms with van der Waals surface area (Å²) in [6.45, 7) is 1.67. The highest BCUT2D eigenvalue weighted by Crippen LogP contribution is 2.30. The van der Waals surface area contributed by atoms with Crippen LogP contribution in [0.15, 0.2) is 24.3 Å². The van der Waals surface area contributed by atoms with Crippen LogP contribution in [0, 0.1) is 0 Å². The first-order valence-electron chi connectivity index (χ1n) is 6.62. The van der Waals surface area contributed by atoms with E-state index in [9.17, 15) is 4.79 Å². The first kappa shape index (κ1) is 14.0. The lowest BCUT2D eigenvalue weighted by Crippen LogP contribution is -2.55. The van der Waals surface area contributed by atoms with E-state index in [0.717, 1.165) is 13.1 Å². The molecule has 0 bridgehead atoms. The highest BCUT2D eigenvalue weighted by atomic mass is 16.5. The minimum Gasteiger partial charge on any atom is -0.468 e. The first-order valence-corrected chi connectivity index (χ1v) is 6.62. The Balaban J connectivity index is 2.13. The third-order valence-electron chi connectivity index (χ3n) is 3.70. The summed E-state index contributed by atoms with van der Waals surface area (Å²) in [4.78, 5) is 14.3. The number of hydrogen-bond acceptors (Lipinski definition) is 4. The van der Waals surface area contributed by atoms with Gasteiger partial charge in [0.05, 0.1) is 7.11 Å². The molecule has 19 heavy (non-hydrogen) atoms. The van der Waals surface area contributed by atoms with Gasteiger partial charge in [0.1, 0.15) is 5.54 Å². The predicted octanol–water partition coefficient (Wildman–Crippen LogP) is 0.848. The summed E-state index contributed by atoms with van der Waals surface area (Å²) in [5.41, 5.74) is 1.89. The fraction of sp³-hybridized carbons (Fsp3) is 0.533. The molecule has 0 amide bonds. The van der Waals surface area contributed by atoms with Gasteiger partial charge >= 0.3 is 5.97 Å². The molecule has 1 aliphatic carbocycles. The Morgan fingerprint density at radius 3 is 2.37 bits per heavy atom. The van der Waals surface area contributed by atoms with Crippen molar-refractivity contribution >= 4 is 5.97 Å². The van der Waals surface area contributed by atoms with E-state index in [4.69, 9.17) is 4.74 Å². The molecule has 2 rings (SSSR count). The highest BCUT2D eigenvalue weighted by Gasteiger charge is 2.44. The molecule has 0 aliphatic heterocycles. The van der Waals surface area contributed by atoms with Gasteiger partial charge in [0, 0.05) is 25.9 Å². The maximum atomic E-state index is 12.2. The van der Waals surface area contributed by atoms with Crippen molar-refractivity contribution in [3.63, 3.8) is 0 Å². The quantitative estimate of drug-likeness (QED) is 0.799. The van der Waals surface area contributed by atoms with Gasteiger partial charge < -0.3 is 15.0 Å². The van der Waals surface area contributed by atoms with Gasteiger partial charge in [0.15, 0.2) is 0 Å². The van der Waals surface area contributed by atoms with Crippen LogP contribution in [0.5, 0.6) is 0 Å². The number of esters is 1. The van der Waals surface area contributed by atoms with Gasteiger partial charge in [-0.25, -0.2) is 0 Å². The summed E-state index contributed by atoms with van der Waals surface area (Å²) in [5, 5.41) is 3.41. The van der Waals surface area contributed by atoms with Crippen molar-refractivity contribution in [1.82, 2.24) is 10.2 Å². The van der Waals surface area contributed by atoms with Crippen LogP contribution in [0.3, 0.4) is 0 Å². The number of fused-ring (bicyclic) bond motifs is 1. The van der Waals surface area contributed by atoms with Gasteiger partial charge in [-0.05, 0) is 25.2 Å². The van der Waals surface area contributed by atoms with E-state index in [1.165, 1.54) is 18.2 Å². The zero-order chi connectivity index (χ0) is 13.9. The molecule has 1 N–H and O–H groups in total. The summed E-state index contributed by atoms with van der Waals surface area (Å²) in [5.74, 6) is -0.164. The Morgan fingerprint density at radius 1 is 1.32 bits per heavy atom. The van der Waals surface area contributed by atoms with Crippen molar-refractivity contribution in [2.45, 2.75) is 18.4 Å². The molecule has 0 atom stereocenters. The summed E-state index contributed by atoms with van der Waals surface area (Å²) in [6, 6.07) is 8.22. The second-order valence-electron chi connectivity index (χ2n) is 5.43. The van der Waals surface area contributed by atoms with E-state index >= 15 is 0 Å². The van der Waals surface area contributed by atoms with Gasteiger partial charge in [-0.3, -0.25) is 4.79 Å². The van der Waals surface area contributed by atoms with E-state index in [1.54, 1.807) is 0 Å². The van der Waals surface area contributed by atoms with Gasteiger partial charge in [-0.15, -0.1) is 0 Å². The van der Waals surface area contributed by atoms with Crippen LogP contribution in [0.2, 0.25) is 0 Å². The maximum Gasteiger partial charge on any atom is 0.326 e. The molecule has 1 aromatic rings. The van der Waals surface area contributed by atoms with E-state index in [-0.39, 0.29) is 5.97 Å². The van der Waals surface area contributed by atoms with Crippen LogP contribution in [0.4, 0.5) is 0 Å². The van der Waals surface area contributed by atoms with Crippen LogP contribution in [-0.2, 0) is 22.4 Å². The molecule has 0 unspecified atom stereocenters. The SMILES string of the molecule is COC(=O)C1(NCCN(C)C)Cc2ccccc2C1. The molecule has 0 fully saturated rings. The Kier molecular flexibility index (Phi) is 4.22. The molecule has 0 radical (unpaired) electrons. The molecule has 0 aromatic heterocycles. The van der Waals surface area contributed by atoms with E-state index < -0.39 is 5.54 Å². The van der Waals surface area contributed by atoms with Crippen LogP contribution >= 0.6 is 0 Å². The predicted molar refractivity (Wildman–Crippen MR) is 75.2 cm³/mol. The van der Waals surface area contributed by atoms with Crippen LogP contribution in [-0.4, -0.2) is 50.7 Å².